The Morgan fingerprint density at radius 3 is 2.59 bits per heavy atom. The molecule has 2 aromatic carbocycles. The van der Waals surface area contributed by atoms with Crippen LogP contribution in [0.3, 0.4) is 0 Å². The lowest BCUT2D eigenvalue weighted by Gasteiger charge is -2.12. The van der Waals surface area contributed by atoms with Gasteiger partial charge in [-0.2, -0.15) is 0 Å². The third-order valence-electron chi connectivity index (χ3n) is 4.12. The molecule has 5 heteroatoms. The van der Waals surface area contributed by atoms with Crippen molar-refractivity contribution in [2.75, 3.05) is 13.7 Å². The van der Waals surface area contributed by atoms with E-state index in [1.165, 1.54) is 0 Å². The van der Waals surface area contributed by atoms with Gasteiger partial charge < -0.3 is 14.8 Å². The fraction of sp³-hybridized carbons (Fsp3) is 0.227. The number of hydrogen-bond donors (Lipinski definition) is 1. The van der Waals surface area contributed by atoms with Crippen LogP contribution in [-0.4, -0.2) is 19.6 Å². The number of nitrogens with one attached hydrogen (secondary N) is 1. The average Bonchev–Trinajstić information content (AvgIpc) is 3.20. The predicted octanol–water partition coefficient (Wildman–Crippen LogP) is 4.24. The second kappa shape index (κ2) is 9.78. The van der Waals surface area contributed by atoms with Crippen LogP contribution in [0, 0.1) is 0 Å². The van der Waals surface area contributed by atoms with Crippen molar-refractivity contribution in [3.05, 3.63) is 82.0 Å². The maximum absolute atomic E-state index is 11.9. The fourth-order valence-electron chi connectivity index (χ4n) is 2.70. The molecule has 0 aliphatic heterocycles. The quantitative estimate of drug-likeness (QED) is 0.603. The summed E-state index contributed by atoms with van der Waals surface area (Å²) < 4.78 is 11.3. The minimum Gasteiger partial charge on any atom is -0.493 e. The van der Waals surface area contributed by atoms with Crippen LogP contribution in [0.1, 0.15) is 16.0 Å². The molecule has 0 atom stereocenters. The minimum absolute atomic E-state index is 0.0484. The maximum Gasteiger partial charge on any atom is 0.225 e. The zero-order valence-corrected chi connectivity index (χ0v) is 16.1. The Labute approximate surface area is 163 Å². The minimum atomic E-state index is 0.0484. The van der Waals surface area contributed by atoms with Crippen molar-refractivity contribution in [3.63, 3.8) is 0 Å². The van der Waals surface area contributed by atoms with Gasteiger partial charge in [0.15, 0.2) is 11.5 Å². The summed E-state index contributed by atoms with van der Waals surface area (Å²) in [6.07, 6.45) is 1.18. The predicted molar refractivity (Wildman–Crippen MR) is 109 cm³/mol. The zero-order chi connectivity index (χ0) is 18.9. The molecule has 0 saturated carbocycles. The topological polar surface area (TPSA) is 47.6 Å². The molecule has 0 saturated heterocycles. The van der Waals surface area contributed by atoms with Crippen molar-refractivity contribution in [3.8, 4) is 11.5 Å². The highest BCUT2D eigenvalue weighted by atomic mass is 32.1. The third kappa shape index (κ3) is 5.86. The number of hydrogen-bond acceptors (Lipinski definition) is 4. The van der Waals surface area contributed by atoms with E-state index in [0.717, 1.165) is 22.4 Å². The van der Waals surface area contributed by atoms with Crippen molar-refractivity contribution in [1.82, 2.24) is 5.32 Å². The number of ether oxygens (including phenoxy) is 2. The summed E-state index contributed by atoms with van der Waals surface area (Å²) in [4.78, 5) is 13.0. The van der Waals surface area contributed by atoms with Crippen molar-refractivity contribution < 1.29 is 14.3 Å². The van der Waals surface area contributed by atoms with Crippen LogP contribution in [0.4, 0.5) is 0 Å². The summed E-state index contributed by atoms with van der Waals surface area (Å²) in [5.74, 6) is 1.47. The van der Waals surface area contributed by atoms with Gasteiger partial charge in [-0.15, -0.1) is 11.3 Å². The molecule has 1 N–H and O–H groups in total. The van der Waals surface area contributed by atoms with E-state index in [0.29, 0.717) is 31.1 Å². The molecule has 140 valence electrons. The van der Waals surface area contributed by atoms with Crippen LogP contribution >= 0.6 is 11.3 Å². The number of amides is 1. The third-order valence-corrected chi connectivity index (χ3v) is 4.99. The molecule has 1 amide bonds. The van der Waals surface area contributed by atoms with Gasteiger partial charge in [0, 0.05) is 11.4 Å². The highest BCUT2D eigenvalue weighted by molar-refractivity contribution is 7.10. The molecule has 3 aromatic rings. The second-order valence-electron chi connectivity index (χ2n) is 6.12. The molecular weight excluding hydrogens is 358 g/mol. The molecule has 0 fully saturated rings. The molecule has 0 aliphatic carbocycles. The van der Waals surface area contributed by atoms with Gasteiger partial charge in [-0.3, -0.25) is 4.79 Å². The van der Waals surface area contributed by atoms with Crippen LogP contribution in [0.5, 0.6) is 11.5 Å². The molecule has 1 heterocycles. The van der Waals surface area contributed by atoms with Crippen molar-refractivity contribution >= 4 is 17.2 Å². The Morgan fingerprint density at radius 1 is 1.00 bits per heavy atom. The Balaban J connectivity index is 1.50. The van der Waals surface area contributed by atoms with E-state index in [-0.39, 0.29) is 5.91 Å². The normalized spacial score (nSPS) is 10.4. The molecule has 1 aromatic heterocycles. The molecule has 0 aliphatic rings. The van der Waals surface area contributed by atoms with E-state index in [1.54, 1.807) is 18.4 Å². The molecule has 0 spiro atoms. The summed E-state index contributed by atoms with van der Waals surface area (Å²) in [5.41, 5.74) is 2.20. The lowest BCUT2D eigenvalue weighted by molar-refractivity contribution is -0.120. The van der Waals surface area contributed by atoms with Crippen LogP contribution in [0.2, 0.25) is 0 Å². The molecule has 0 unspecified atom stereocenters. The average molecular weight is 381 g/mol. The maximum atomic E-state index is 11.9. The Morgan fingerprint density at radius 2 is 1.85 bits per heavy atom. The Bertz CT molecular complexity index is 847. The molecule has 3 rings (SSSR count). The molecule has 4 nitrogen and oxygen atoms in total. The van der Waals surface area contributed by atoms with E-state index in [9.17, 15) is 4.79 Å². The number of carbonyl (C=O) groups excluding carboxylic acids is 1. The summed E-state index contributed by atoms with van der Waals surface area (Å²) in [6, 6.07) is 19.9. The molecule has 0 radical (unpaired) electrons. The molecular formula is C22H23NO3S. The highest BCUT2D eigenvalue weighted by Crippen LogP contribution is 2.29. The van der Waals surface area contributed by atoms with Crippen molar-refractivity contribution in [2.24, 2.45) is 0 Å². The second-order valence-corrected chi connectivity index (χ2v) is 7.15. The van der Waals surface area contributed by atoms with E-state index in [4.69, 9.17) is 9.47 Å². The largest absolute Gasteiger partial charge is 0.493 e. The number of methoxy groups -OCH3 is 1. The van der Waals surface area contributed by atoms with Gasteiger partial charge in [0.25, 0.3) is 0 Å². The summed E-state index contributed by atoms with van der Waals surface area (Å²) >= 11 is 1.60. The zero-order valence-electron chi connectivity index (χ0n) is 15.3. The smallest absolute Gasteiger partial charge is 0.225 e. The van der Waals surface area contributed by atoms with Crippen LogP contribution in [0.25, 0.3) is 0 Å². The monoisotopic (exact) mass is 381 g/mol. The van der Waals surface area contributed by atoms with Gasteiger partial charge in [0.2, 0.25) is 5.91 Å². The number of rotatable bonds is 9. The van der Waals surface area contributed by atoms with E-state index in [1.807, 2.05) is 66.0 Å². The van der Waals surface area contributed by atoms with E-state index in [2.05, 4.69) is 5.32 Å². The lowest BCUT2D eigenvalue weighted by Crippen LogP contribution is -2.26. The first-order chi connectivity index (χ1) is 13.2. The van der Waals surface area contributed by atoms with Crippen LogP contribution in [0.15, 0.2) is 66.0 Å². The van der Waals surface area contributed by atoms with E-state index >= 15 is 0 Å². The Kier molecular flexibility index (Phi) is 6.88. The highest BCUT2D eigenvalue weighted by Gasteiger charge is 2.08. The lowest BCUT2D eigenvalue weighted by atomic mass is 10.1. The standard InChI is InChI=1S/C22H23NO3S/c1-25-21-14-17(11-12-23-22(24)15-19-8-5-13-27-19)9-10-20(21)26-16-18-6-3-2-4-7-18/h2-10,13-14H,11-12,15-16H2,1H3,(H,23,24). The van der Waals surface area contributed by atoms with Crippen molar-refractivity contribution in [2.45, 2.75) is 19.4 Å². The van der Waals surface area contributed by atoms with Crippen molar-refractivity contribution in [1.29, 1.82) is 0 Å². The van der Waals surface area contributed by atoms with Gasteiger partial charge >= 0.3 is 0 Å². The number of benzene rings is 2. The number of carbonyl (C=O) groups is 1. The fourth-order valence-corrected chi connectivity index (χ4v) is 3.41. The van der Waals surface area contributed by atoms with Gasteiger partial charge in [-0.05, 0) is 41.1 Å². The van der Waals surface area contributed by atoms with Gasteiger partial charge in [0.05, 0.1) is 13.5 Å². The van der Waals surface area contributed by atoms with Crippen LogP contribution in [-0.2, 0) is 24.2 Å². The first kappa shape index (κ1) is 19.0. The number of thiophene rings is 1. The summed E-state index contributed by atoms with van der Waals surface area (Å²) in [7, 11) is 1.64. The first-order valence-electron chi connectivity index (χ1n) is 8.87. The Hall–Kier alpha value is -2.79. The van der Waals surface area contributed by atoms with E-state index < -0.39 is 0 Å². The van der Waals surface area contributed by atoms with Gasteiger partial charge in [0.1, 0.15) is 6.61 Å². The van der Waals surface area contributed by atoms with Gasteiger partial charge in [-0.1, -0.05) is 42.5 Å². The summed E-state index contributed by atoms with van der Waals surface area (Å²) in [6.45, 7) is 1.09. The first-order valence-corrected chi connectivity index (χ1v) is 9.75. The van der Waals surface area contributed by atoms with Gasteiger partial charge in [-0.25, -0.2) is 0 Å². The van der Waals surface area contributed by atoms with Crippen LogP contribution < -0.4 is 14.8 Å². The SMILES string of the molecule is COc1cc(CCNC(=O)Cc2cccs2)ccc1OCc1ccccc1. The summed E-state index contributed by atoms with van der Waals surface area (Å²) in [5, 5.41) is 4.95. The molecule has 0 bridgehead atoms. The molecule has 27 heavy (non-hydrogen) atoms.